The van der Waals surface area contributed by atoms with Gasteiger partial charge in [0.05, 0.1) is 5.69 Å². The molecule has 0 spiro atoms. The van der Waals surface area contributed by atoms with Gasteiger partial charge in [0.15, 0.2) is 11.0 Å². The van der Waals surface area contributed by atoms with Gasteiger partial charge in [0.25, 0.3) is 0 Å². The van der Waals surface area contributed by atoms with Crippen molar-refractivity contribution in [2.45, 2.75) is 44.3 Å². The monoisotopic (exact) mass is 434 g/mol. The van der Waals surface area contributed by atoms with Crippen LogP contribution in [0.25, 0.3) is 11.5 Å². The van der Waals surface area contributed by atoms with Crippen LogP contribution in [0, 0.1) is 5.92 Å². The van der Waals surface area contributed by atoms with Crippen LogP contribution in [0.4, 0.5) is 0 Å². The molecule has 0 saturated carbocycles. The molecule has 4 rings (SSSR count). The summed E-state index contributed by atoms with van der Waals surface area (Å²) < 4.78 is 13.7. The standard InChI is InChI=1S/C24H26N4O2S/c1-18(2)13-14-28-22(16-29-21-11-7-4-8-12-21)26-27-24(28)31-17-20-15-30-23(25-20)19-9-5-3-6-10-19/h3-12,15,18H,13-14,16-17H2,1-2H3. The van der Waals surface area contributed by atoms with Crippen molar-refractivity contribution in [3.63, 3.8) is 0 Å². The molecule has 0 aliphatic carbocycles. The highest BCUT2D eigenvalue weighted by atomic mass is 32.2. The molecule has 0 N–H and O–H groups in total. The lowest BCUT2D eigenvalue weighted by Gasteiger charge is -2.12. The van der Waals surface area contributed by atoms with Crippen LogP contribution in [0.2, 0.25) is 0 Å². The second-order valence-electron chi connectivity index (χ2n) is 7.63. The third-order valence-electron chi connectivity index (χ3n) is 4.76. The summed E-state index contributed by atoms with van der Waals surface area (Å²) >= 11 is 1.61. The first kappa shape index (κ1) is 21.2. The molecule has 0 radical (unpaired) electrons. The van der Waals surface area contributed by atoms with E-state index < -0.39 is 0 Å². The quantitative estimate of drug-likeness (QED) is 0.292. The maximum atomic E-state index is 5.91. The predicted molar refractivity (Wildman–Crippen MR) is 122 cm³/mol. The minimum atomic E-state index is 0.387. The molecule has 2 heterocycles. The highest BCUT2D eigenvalue weighted by Crippen LogP contribution is 2.25. The number of para-hydroxylation sites is 1. The van der Waals surface area contributed by atoms with Crippen LogP contribution in [0.3, 0.4) is 0 Å². The number of hydrogen-bond donors (Lipinski definition) is 0. The zero-order valence-electron chi connectivity index (χ0n) is 17.8. The molecule has 2 aromatic heterocycles. The molecule has 160 valence electrons. The fraction of sp³-hybridized carbons (Fsp3) is 0.292. The van der Waals surface area contributed by atoms with Crippen molar-refractivity contribution in [3.05, 3.63) is 78.4 Å². The van der Waals surface area contributed by atoms with Crippen LogP contribution in [0.1, 0.15) is 31.8 Å². The van der Waals surface area contributed by atoms with Gasteiger partial charge < -0.3 is 13.7 Å². The van der Waals surface area contributed by atoms with Crippen LogP contribution >= 0.6 is 11.8 Å². The highest BCUT2D eigenvalue weighted by molar-refractivity contribution is 7.98. The maximum absolute atomic E-state index is 5.91. The number of thioether (sulfide) groups is 1. The lowest BCUT2D eigenvalue weighted by Crippen LogP contribution is -2.10. The van der Waals surface area contributed by atoms with E-state index in [0.717, 1.165) is 41.0 Å². The Balaban J connectivity index is 1.44. The van der Waals surface area contributed by atoms with Gasteiger partial charge in [-0.2, -0.15) is 0 Å². The fourth-order valence-corrected chi connectivity index (χ4v) is 3.89. The molecule has 0 fully saturated rings. The van der Waals surface area contributed by atoms with Gasteiger partial charge in [0, 0.05) is 17.9 Å². The molecule has 0 unspecified atom stereocenters. The number of benzene rings is 2. The molecular weight excluding hydrogens is 408 g/mol. The van der Waals surface area contributed by atoms with Gasteiger partial charge in [-0.3, -0.25) is 0 Å². The van der Waals surface area contributed by atoms with Crippen LogP contribution in [-0.4, -0.2) is 19.7 Å². The molecule has 7 heteroatoms. The smallest absolute Gasteiger partial charge is 0.226 e. The van der Waals surface area contributed by atoms with Crippen LogP contribution < -0.4 is 4.74 Å². The number of rotatable bonds is 10. The molecule has 2 aromatic carbocycles. The Morgan fingerprint density at radius 3 is 2.48 bits per heavy atom. The molecule has 0 amide bonds. The number of oxazole rings is 1. The van der Waals surface area contributed by atoms with E-state index in [9.17, 15) is 0 Å². The fourth-order valence-electron chi connectivity index (χ4n) is 3.03. The molecule has 0 aliphatic heterocycles. The molecule has 0 aliphatic rings. The molecule has 0 atom stereocenters. The number of hydrogen-bond acceptors (Lipinski definition) is 6. The first-order chi connectivity index (χ1) is 15.2. The van der Waals surface area contributed by atoms with Crippen LogP contribution in [-0.2, 0) is 18.9 Å². The van der Waals surface area contributed by atoms with Gasteiger partial charge in [0.2, 0.25) is 5.89 Å². The van der Waals surface area contributed by atoms with Gasteiger partial charge in [-0.1, -0.05) is 62.0 Å². The van der Waals surface area contributed by atoms with E-state index in [-0.39, 0.29) is 0 Å². The second-order valence-corrected chi connectivity index (χ2v) is 8.58. The minimum absolute atomic E-state index is 0.387. The number of nitrogens with zero attached hydrogens (tertiary/aromatic N) is 4. The Bertz CT molecular complexity index is 1080. The Hall–Kier alpha value is -3.06. The summed E-state index contributed by atoms with van der Waals surface area (Å²) in [5.41, 5.74) is 1.85. The minimum Gasteiger partial charge on any atom is -0.486 e. The third-order valence-corrected chi connectivity index (χ3v) is 5.76. The summed E-state index contributed by atoms with van der Waals surface area (Å²) in [7, 11) is 0. The van der Waals surface area contributed by atoms with Crippen molar-refractivity contribution in [3.8, 4) is 17.2 Å². The third kappa shape index (κ3) is 5.76. The van der Waals surface area contributed by atoms with Crippen LogP contribution in [0.15, 0.2) is 76.5 Å². The van der Waals surface area contributed by atoms with Gasteiger partial charge in [-0.15, -0.1) is 10.2 Å². The van der Waals surface area contributed by atoms with Crippen LogP contribution in [0.5, 0.6) is 5.75 Å². The highest BCUT2D eigenvalue weighted by Gasteiger charge is 2.15. The number of ether oxygens (including phenoxy) is 1. The summed E-state index contributed by atoms with van der Waals surface area (Å²) in [6.45, 7) is 5.68. The van der Waals surface area contributed by atoms with E-state index >= 15 is 0 Å². The SMILES string of the molecule is CC(C)CCn1c(COc2ccccc2)nnc1SCc1coc(-c2ccccc2)n1. The molecule has 0 bridgehead atoms. The second kappa shape index (κ2) is 10.3. The topological polar surface area (TPSA) is 66.0 Å². The average molecular weight is 435 g/mol. The predicted octanol–water partition coefficient (Wildman–Crippen LogP) is 5.85. The summed E-state index contributed by atoms with van der Waals surface area (Å²) in [5, 5.41) is 9.69. The number of aromatic nitrogens is 4. The average Bonchev–Trinajstić information content (AvgIpc) is 3.43. The van der Waals surface area contributed by atoms with E-state index in [1.54, 1.807) is 18.0 Å². The van der Waals surface area contributed by atoms with E-state index in [4.69, 9.17) is 9.15 Å². The Morgan fingerprint density at radius 2 is 1.74 bits per heavy atom. The Morgan fingerprint density at radius 1 is 1.00 bits per heavy atom. The van der Waals surface area contributed by atoms with E-state index in [2.05, 4.69) is 33.6 Å². The molecule has 6 nitrogen and oxygen atoms in total. The van der Waals surface area contributed by atoms with E-state index in [0.29, 0.717) is 24.2 Å². The van der Waals surface area contributed by atoms with Crippen molar-refractivity contribution in [2.24, 2.45) is 5.92 Å². The normalized spacial score (nSPS) is 11.2. The van der Waals surface area contributed by atoms with Gasteiger partial charge in [-0.25, -0.2) is 4.98 Å². The summed E-state index contributed by atoms with van der Waals surface area (Å²) in [4.78, 5) is 4.61. The summed E-state index contributed by atoms with van der Waals surface area (Å²) in [6, 6.07) is 19.7. The van der Waals surface area contributed by atoms with Crippen molar-refractivity contribution in [1.82, 2.24) is 19.7 Å². The Kier molecular flexibility index (Phi) is 7.04. The van der Waals surface area contributed by atoms with E-state index in [1.807, 2.05) is 60.7 Å². The summed E-state index contributed by atoms with van der Waals surface area (Å²) in [5.74, 6) is 3.54. The lowest BCUT2D eigenvalue weighted by molar-refractivity contribution is 0.285. The largest absolute Gasteiger partial charge is 0.486 e. The molecular formula is C24H26N4O2S. The summed E-state index contributed by atoms with van der Waals surface area (Å²) in [6.07, 6.45) is 2.76. The first-order valence-electron chi connectivity index (χ1n) is 10.4. The van der Waals surface area contributed by atoms with E-state index in [1.165, 1.54) is 0 Å². The zero-order chi connectivity index (χ0) is 21.5. The zero-order valence-corrected chi connectivity index (χ0v) is 18.6. The van der Waals surface area contributed by atoms with Crippen molar-refractivity contribution >= 4 is 11.8 Å². The lowest BCUT2D eigenvalue weighted by atomic mass is 10.1. The van der Waals surface area contributed by atoms with Crippen molar-refractivity contribution in [2.75, 3.05) is 0 Å². The van der Waals surface area contributed by atoms with Gasteiger partial charge >= 0.3 is 0 Å². The van der Waals surface area contributed by atoms with Gasteiger partial charge in [0.1, 0.15) is 18.6 Å². The Labute approximate surface area is 186 Å². The van der Waals surface area contributed by atoms with Gasteiger partial charge in [-0.05, 0) is 36.6 Å². The molecule has 4 aromatic rings. The first-order valence-corrected chi connectivity index (χ1v) is 11.4. The molecule has 31 heavy (non-hydrogen) atoms. The molecule has 0 saturated heterocycles. The van der Waals surface area contributed by atoms with Crippen molar-refractivity contribution in [1.29, 1.82) is 0 Å². The maximum Gasteiger partial charge on any atom is 0.226 e. The van der Waals surface area contributed by atoms with Crippen molar-refractivity contribution < 1.29 is 9.15 Å².